The molecule has 1 aromatic rings. The van der Waals surface area contributed by atoms with E-state index in [4.69, 9.17) is 0 Å². The first-order chi connectivity index (χ1) is 12.3. The Hall–Kier alpha value is -1.56. The van der Waals surface area contributed by atoms with Crippen molar-refractivity contribution in [1.82, 2.24) is 0 Å². The molecule has 0 radical (unpaired) electrons. The summed E-state index contributed by atoms with van der Waals surface area (Å²) in [5.41, 5.74) is 6.59. The van der Waals surface area contributed by atoms with Gasteiger partial charge in [0.05, 0.1) is 0 Å². The summed E-state index contributed by atoms with van der Waals surface area (Å²) in [6.45, 7) is 13.9. The number of rotatable bonds is 6. The van der Waals surface area contributed by atoms with Crippen molar-refractivity contribution in [2.45, 2.75) is 90.9 Å². The second kappa shape index (κ2) is 8.89. The standard InChI is InChI=1S/C26H38.H2/c1-7-21(2)14-11-9-8-10-12-15-22-16-17-23-24(20-22)26(5,6)19-13-18-25(23,3)4;/h7-9,11,14,16-17,20H,10,12-13,15,18-19H2,1-6H3;1H/b9-8+,14-11+,21-7+;. The maximum absolute atomic E-state index is 2.52. The van der Waals surface area contributed by atoms with E-state index in [1.807, 2.05) is 0 Å². The third-order valence-corrected chi connectivity index (χ3v) is 6.04. The van der Waals surface area contributed by atoms with Crippen molar-refractivity contribution < 1.29 is 1.43 Å². The van der Waals surface area contributed by atoms with Gasteiger partial charge in [0.25, 0.3) is 0 Å². The first-order valence-electron chi connectivity index (χ1n) is 10.4. The predicted molar refractivity (Wildman–Crippen MR) is 119 cm³/mol. The van der Waals surface area contributed by atoms with E-state index in [-0.39, 0.29) is 1.43 Å². The van der Waals surface area contributed by atoms with Crippen LogP contribution in [-0.2, 0) is 17.3 Å². The van der Waals surface area contributed by atoms with Crippen LogP contribution in [0.25, 0.3) is 0 Å². The van der Waals surface area contributed by atoms with Crippen LogP contribution in [0, 0.1) is 0 Å². The van der Waals surface area contributed by atoms with Crippen molar-refractivity contribution in [3.05, 3.63) is 70.8 Å². The van der Waals surface area contributed by atoms with Gasteiger partial charge in [0.15, 0.2) is 0 Å². The van der Waals surface area contributed by atoms with Gasteiger partial charge in [0, 0.05) is 1.43 Å². The van der Waals surface area contributed by atoms with Gasteiger partial charge in [-0.1, -0.05) is 88.3 Å². The number of aryl methyl sites for hydroxylation is 1. The molecule has 26 heavy (non-hydrogen) atoms. The molecule has 144 valence electrons. The van der Waals surface area contributed by atoms with Crippen molar-refractivity contribution in [2.24, 2.45) is 0 Å². The average molecular weight is 353 g/mol. The van der Waals surface area contributed by atoms with Gasteiger partial charge in [0.1, 0.15) is 0 Å². The first kappa shape index (κ1) is 20.7. The zero-order valence-electron chi connectivity index (χ0n) is 17.9. The summed E-state index contributed by atoms with van der Waals surface area (Å²) in [6.07, 6.45) is 18.4. The number of unbranched alkanes of at least 4 members (excludes halogenated alkanes) is 1. The summed E-state index contributed by atoms with van der Waals surface area (Å²) in [5, 5.41) is 0. The van der Waals surface area contributed by atoms with Crippen molar-refractivity contribution >= 4 is 0 Å². The lowest BCUT2D eigenvalue weighted by molar-refractivity contribution is 0.433. The summed E-state index contributed by atoms with van der Waals surface area (Å²) in [7, 11) is 0. The number of allylic oxidation sites excluding steroid dienone is 6. The van der Waals surface area contributed by atoms with Crippen LogP contribution in [0.2, 0.25) is 0 Å². The number of benzene rings is 1. The van der Waals surface area contributed by atoms with E-state index in [0.29, 0.717) is 10.8 Å². The molecular weight excluding hydrogens is 312 g/mol. The van der Waals surface area contributed by atoms with Crippen molar-refractivity contribution in [2.75, 3.05) is 0 Å². The molecule has 1 aromatic carbocycles. The predicted octanol–water partition coefficient (Wildman–Crippen LogP) is 8.07. The van der Waals surface area contributed by atoms with Gasteiger partial charge in [-0.15, -0.1) is 0 Å². The fourth-order valence-electron chi connectivity index (χ4n) is 4.04. The highest BCUT2D eigenvalue weighted by Gasteiger charge is 2.34. The topological polar surface area (TPSA) is 0 Å². The quantitative estimate of drug-likeness (QED) is 0.276. The van der Waals surface area contributed by atoms with E-state index in [1.54, 1.807) is 11.1 Å². The highest BCUT2D eigenvalue weighted by Crippen LogP contribution is 2.43. The van der Waals surface area contributed by atoms with E-state index in [2.05, 4.69) is 90.1 Å². The summed E-state index contributed by atoms with van der Waals surface area (Å²) in [6, 6.07) is 7.32. The third-order valence-electron chi connectivity index (χ3n) is 6.04. The normalized spacial score (nSPS) is 19.7. The molecule has 0 spiro atoms. The molecule has 1 aliphatic rings. The second-order valence-corrected chi connectivity index (χ2v) is 9.21. The highest BCUT2D eigenvalue weighted by molar-refractivity contribution is 5.42. The van der Waals surface area contributed by atoms with Gasteiger partial charge in [-0.3, -0.25) is 0 Å². The van der Waals surface area contributed by atoms with Crippen LogP contribution in [0.15, 0.2) is 54.2 Å². The molecule has 0 amide bonds. The summed E-state index contributed by atoms with van der Waals surface area (Å²) >= 11 is 0. The Morgan fingerprint density at radius 2 is 1.73 bits per heavy atom. The summed E-state index contributed by atoms with van der Waals surface area (Å²) in [4.78, 5) is 0. The van der Waals surface area contributed by atoms with Crippen LogP contribution in [0.4, 0.5) is 0 Å². The molecule has 0 heterocycles. The number of fused-ring (bicyclic) bond motifs is 1. The highest BCUT2D eigenvalue weighted by atomic mass is 14.4. The van der Waals surface area contributed by atoms with Crippen molar-refractivity contribution in [3.8, 4) is 0 Å². The Balaban J connectivity index is 0.00000364. The molecule has 0 N–H and O–H groups in total. The molecule has 0 saturated carbocycles. The molecule has 0 nitrogen and oxygen atoms in total. The molecule has 0 aliphatic heterocycles. The molecule has 2 rings (SSSR count). The minimum atomic E-state index is 0. The molecule has 0 unspecified atom stereocenters. The zero-order valence-corrected chi connectivity index (χ0v) is 17.9. The Kier molecular flexibility index (Phi) is 7.09. The van der Waals surface area contributed by atoms with Crippen LogP contribution in [0.3, 0.4) is 0 Å². The Morgan fingerprint density at radius 1 is 1.04 bits per heavy atom. The van der Waals surface area contributed by atoms with Gasteiger partial charge in [-0.25, -0.2) is 0 Å². The Labute approximate surface area is 163 Å². The van der Waals surface area contributed by atoms with Crippen molar-refractivity contribution in [3.63, 3.8) is 0 Å². The van der Waals surface area contributed by atoms with Gasteiger partial charge >= 0.3 is 0 Å². The number of hydrogen-bond acceptors (Lipinski definition) is 0. The maximum atomic E-state index is 2.52. The van der Waals surface area contributed by atoms with E-state index < -0.39 is 0 Å². The van der Waals surface area contributed by atoms with Crippen LogP contribution < -0.4 is 0 Å². The summed E-state index contributed by atoms with van der Waals surface area (Å²) in [5.74, 6) is 0. The molecule has 0 atom stereocenters. The Bertz CT molecular complexity index is 686. The fraction of sp³-hybridized carbons (Fsp3) is 0.538. The molecule has 0 saturated heterocycles. The van der Waals surface area contributed by atoms with Crippen LogP contribution in [0.5, 0.6) is 0 Å². The van der Waals surface area contributed by atoms with E-state index >= 15 is 0 Å². The monoisotopic (exact) mass is 352 g/mol. The minimum absolute atomic E-state index is 0. The minimum Gasteiger partial charge on any atom is -0.0847 e. The molecule has 0 fully saturated rings. The van der Waals surface area contributed by atoms with Crippen molar-refractivity contribution in [1.29, 1.82) is 0 Å². The lowest BCUT2D eigenvalue weighted by atomic mass is 9.74. The van der Waals surface area contributed by atoms with Gasteiger partial charge in [0.2, 0.25) is 0 Å². The van der Waals surface area contributed by atoms with Crippen LogP contribution in [-0.4, -0.2) is 0 Å². The lowest BCUT2D eigenvalue weighted by Crippen LogP contribution is -2.22. The Morgan fingerprint density at radius 3 is 2.42 bits per heavy atom. The van der Waals surface area contributed by atoms with Gasteiger partial charge in [-0.2, -0.15) is 0 Å². The van der Waals surface area contributed by atoms with Crippen LogP contribution in [0.1, 0.15) is 91.8 Å². The third kappa shape index (κ3) is 5.47. The molecule has 0 bridgehead atoms. The lowest BCUT2D eigenvalue weighted by Gasteiger charge is -2.30. The first-order valence-corrected chi connectivity index (χ1v) is 10.4. The fourth-order valence-corrected chi connectivity index (χ4v) is 4.04. The van der Waals surface area contributed by atoms with Gasteiger partial charge < -0.3 is 0 Å². The van der Waals surface area contributed by atoms with Crippen LogP contribution >= 0.6 is 0 Å². The average Bonchev–Trinajstić information content (AvgIpc) is 2.68. The van der Waals surface area contributed by atoms with E-state index in [9.17, 15) is 0 Å². The second-order valence-electron chi connectivity index (χ2n) is 9.21. The molecular formula is C26H40. The zero-order chi connectivity index (χ0) is 19.2. The molecule has 1 aliphatic carbocycles. The SMILES string of the molecule is C/C=C(C)/C=C/C=C/CCCc1ccc2c(c1)C(C)(C)CCCC2(C)C.[HH]. The largest absolute Gasteiger partial charge is 0.0847 e. The molecule has 0 aromatic heterocycles. The van der Waals surface area contributed by atoms with Gasteiger partial charge in [-0.05, 0) is 73.5 Å². The van der Waals surface area contributed by atoms with E-state index in [1.165, 1.54) is 43.2 Å². The number of hydrogen-bond donors (Lipinski definition) is 0. The maximum Gasteiger partial charge on any atom is 0 e. The smallest absolute Gasteiger partial charge is 0 e. The summed E-state index contributed by atoms with van der Waals surface area (Å²) < 4.78 is 0. The van der Waals surface area contributed by atoms with E-state index in [0.717, 1.165) is 6.42 Å². The molecule has 0 heteroatoms.